The second-order valence-corrected chi connectivity index (χ2v) is 5.52. The van der Waals surface area contributed by atoms with Crippen LogP contribution in [0.15, 0.2) is 18.2 Å². The van der Waals surface area contributed by atoms with Gasteiger partial charge in [0.2, 0.25) is 0 Å². The van der Waals surface area contributed by atoms with Gasteiger partial charge in [-0.1, -0.05) is 68.3 Å². The Morgan fingerprint density at radius 2 is 1.68 bits per heavy atom. The molecule has 0 saturated heterocycles. The third kappa shape index (κ3) is 8.75. The van der Waals surface area contributed by atoms with Crippen molar-refractivity contribution < 1.29 is 0 Å². The molecule has 1 nitrogen and oxygen atoms in total. The van der Waals surface area contributed by atoms with E-state index in [1.165, 1.54) is 38.5 Å². The molecule has 0 saturated carbocycles. The van der Waals surface area contributed by atoms with Gasteiger partial charge >= 0.3 is 0 Å². The van der Waals surface area contributed by atoms with Crippen LogP contribution < -0.4 is 5.32 Å². The van der Waals surface area contributed by atoms with Crippen molar-refractivity contribution in [3.05, 3.63) is 33.8 Å². The zero-order chi connectivity index (χ0) is 13.2. The third-order valence-corrected chi connectivity index (χ3v) is 3.62. The molecule has 110 valence electrons. The molecule has 0 unspecified atom stereocenters. The Morgan fingerprint density at radius 1 is 1.00 bits per heavy atom. The van der Waals surface area contributed by atoms with E-state index in [1.54, 1.807) is 6.07 Å². The van der Waals surface area contributed by atoms with Crippen LogP contribution >= 0.6 is 35.6 Å². The molecule has 0 aliphatic heterocycles. The monoisotopic (exact) mass is 323 g/mol. The zero-order valence-electron chi connectivity index (χ0n) is 11.6. The van der Waals surface area contributed by atoms with Gasteiger partial charge in [-0.25, -0.2) is 0 Å². The Labute approximate surface area is 133 Å². The summed E-state index contributed by atoms with van der Waals surface area (Å²) in [5, 5.41) is 4.87. The van der Waals surface area contributed by atoms with Gasteiger partial charge in [0, 0.05) is 16.6 Å². The standard InChI is InChI=1S/C15H23Cl2N.ClH/c1-2-3-4-5-6-7-10-18-12-13-8-9-14(16)11-15(13)17;/h8-9,11,18H,2-7,10,12H2,1H3;1H. The molecule has 4 heteroatoms. The lowest BCUT2D eigenvalue weighted by molar-refractivity contribution is 0.572. The smallest absolute Gasteiger partial charge is 0.0465 e. The number of rotatable bonds is 9. The molecular weight excluding hydrogens is 301 g/mol. The Bertz CT molecular complexity index is 342. The molecular formula is C15H24Cl3N. The Balaban J connectivity index is 0.00000324. The molecule has 1 aromatic rings. The maximum atomic E-state index is 6.10. The van der Waals surface area contributed by atoms with Crippen LogP contribution in [0.3, 0.4) is 0 Å². The summed E-state index contributed by atoms with van der Waals surface area (Å²) in [7, 11) is 0. The quantitative estimate of drug-likeness (QED) is 0.560. The predicted octanol–water partition coefficient (Wildman–Crippen LogP) is 5.87. The number of hydrogen-bond donors (Lipinski definition) is 1. The lowest BCUT2D eigenvalue weighted by Crippen LogP contribution is -2.14. The molecule has 1 aromatic carbocycles. The van der Waals surface area contributed by atoms with Crippen molar-refractivity contribution in [1.29, 1.82) is 0 Å². The molecule has 0 aliphatic carbocycles. The highest BCUT2D eigenvalue weighted by molar-refractivity contribution is 6.35. The van der Waals surface area contributed by atoms with E-state index in [0.29, 0.717) is 5.02 Å². The summed E-state index contributed by atoms with van der Waals surface area (Å²) < 4.78 is 0. The predicted molar refractivity (Wildman–Crippen MR) is 88.8 cm³/mol. The summed E-state index contributed by atoms with van der Waals surface area (Å²) in [5.74, 6) is 0. The van der Waals surface area contributed by atoms with E-state index in [-0.39, 0.29) is 12.4 Å². The molecule has 0 bridgehead atoms. The molecule has 0 heterocycles. The van der Waals surface area contributed by atoms with Crippen LogP contribution in [-0.4, -0.2) is 6.54 Å². The minimum absolute atomic E-state index is 0. The van der Waals surface area contributed by atoms with Crippen molar-refractivity contribution in [2.24, 2.45) is 0 Å². The van der Waals surface area contributed by atoms with Gasteiger partial charge in [-0.15, -0.1) is 12.4 Å². The first-order chi connectivity index (χ1) is 8.74. The fraction of sp³-hybridized carbons (Fsp3) is 0.600. The van der Waals surface area contributed by atoms with E-state index in [2.05, 4.69) is 12.2 Å². The van der Waals surface area contributed by atoms with Crippen molar-refractivity contribution in [2.75, 3.05) is 6.54 Å². The summed E-state index contributed by atoms with van der Waals surface area (Å²) >= 11 is 12.0. The lowest BCUT2D eigenvalue weighted by Gasteiger charge is -2.07. The summed E-state index contributed by atoms with van der Waals surface area (Å²) in [6.45, 7) is 4.13. The molecule has 0 aromatic heterocycles. The zero-order valence-corrected chi connectivity index (χ0v) is 13.9. The molecule has 1 rings (SSSR count). The van der Waals surface area contributed by atoms with Crippen LogP contribution in [0.4, 0.5) is 0 Å². The van der Waals surface area contributed by atoms with Gasteiger partial charge in [-0.05, 0) is 30.7 Å². The largest absolute Gasteiger partial charge is 0.313 e. The molecule has 0 radical (unpaired) electrons. The lowest BCUT2D eigenvalue weighted by atomic mass is 10.1. The Kier molecular flexibility index (Phi) is 11.9. The SMILES string of the molecule is CCCCCCCCNCc1ccc(Cl)cc1Cl.Cl. The first kappa shape index (κ1) is 19.1. The second kappa shape index (κ2) is 11.8. The second-order valence-electron chi connectivity index (χ2n) is 4.68. The highest BCUT2D eigenvalue weighted by atomic mass is 35.5. The van der Waals surface area contributed by atoms with Gasteiger partial charge in [0.15, 0.2) is 0 Å². The first-order valence-electron chi connectivity index (χ1n) is 6.88. The molecule has 0 atom stereocenters. The fourth-order valence-corrected chi connectivity index (χ4v) is 2.39. The molecule has 0 amide bonds. The third-order valence-electron chi connectivity index (χ3n) is 3.04. The van der Waals surface area contributed by atoms with E-state index in [1.807, 2.05) is 12.1 Å². The molecule has 0 aliphatic rings. The van der Waals surface area contributed by atoms with Gasteiger partial charge in [-0.3, -0.25) is 0 Å². The fourth-order valence-electron chi connectivity index (χ4n) is 1.92. The van der Waals surface area contributed by atoms with Gasteiger partial charge in [0.25, 0.3) is 0 Å². The van der Waals surface area contributed by atoms with Crippen LogP contribution in [0.1, 0.15) is 51.0 Å². The summed E-state index contributed by atoms with van der Waals surface area (Å²) in [4.78, 5) is 0. The molecule has 1 N–H and O–H groups in total. The van der Waals surface area contributed by atoms with Gasteiger partial charge in [-0.2, -0.15) is 0 Å². The highest BCUT2D eigenvalue weighted by Crippen LogP contribution is 2.20. The maximum absolute atomic E-state index is 6.10. The average Bonchev–Trinajstić information content (AvgIpc) is 2.35. The normalized spacial score (nSPS) is 10.3. The van der Waals surface area contributed by atoms with Gasteiger partial charge < -0.3 is 5.32 Å². The summed E-state index contributed by atoms with van der Waals surface area (Å²) in [6, 6.07) is 5.67. The van der Waals surface area contributed by atoms with Crippen molar-refractivity contribution in [2.45, 2.75) is 52.0 Å². The first-order valence-corrected chi connectivity index (χ1v) is 7.64. The number of hydrogen-bond acceptors (Lipinski definition) is 1. The van der Waals surface area contributed by atoms with Crippen LogP contribution in [0.2, 0.25) is 10.0 Å². The number of unbranched alkanes of at least 4 members (excludes halogenated alkanes) is 5. The van der Waals surface area contributed by atoms with E-state index < -0.39 is 0 Å². The highest BCUT2D eigenvalue weighted by Gasteiger charge is 2.00. The Hall–Kier alpha value is 0.0500. The minimum Gasteiger partial charge on any atom is -0.313 e. The van der Waals surface area contributed by atoms with Crippen molar-refractivity contribution in [3.8, 4) is 0 Å². The van der Waals surface area contributed by atoms with Crippen molar-refractivity contribution >= 4 is 35.6 Å². The van der Waals surface area contributed by atoms with Crippen molar-refractivity contribution in [3.63, 3.8) is 0 Å². The molecule has 0 spiro atoms. The summed E-state index contributed by atoms with van der Waals surface area (Å²) in [6.07, 6.45) is 7.98. The number of nitrogens with one attached hydrogen (secondary N) is 1. The summed E-state index contributed by atoms with van der Waals surface area (Å²) in [5.41, 5.74) is 1.12. The van der Waals surface area contributed by atoms with Gasteiger partial charge in [0.05, 0.1) is 0 Å². The van der Waals surface area contributed by atoms with Crippen LogP contribution in [-0.2, 0) is 6.54 Å². The minimum atomic E-state index is 0. The molecule has 0 fully saturated rings. The van der Waals surface area contributed by atoms with E-state index >= 15 is 0 Å². The number of halogens is 3. The van der Waals surface area contributed by atoms with Gasteiger partial charge in [0.1, 0.15) is 0 Å². The Morgan fingerprint density at radius 3 is 2.37 bits per heavy atom. The average molecular weight is 325 g/mol. The van der Waals surface area contributed by atoms with E-state index in [9.17, 15) is 0 Å². The molecule has 19 heavy (non-hydrogen) atoms. The van der Waals surface area contributed by atoms with Crippen molar-refractivity contribution in [1.82, 2.24) is 5.32 Å². The van der Waals surface area contributed by atoms with Crippen LogP contribution in [0.5, 0.6) is 0 Å². The van der Waals surface area contributed by atoms with E-state index in [4.69, 9.17) is 23.2 Å². The van der Waals surface area contributed by atoms with E-state index in [0.717, 1.165) is 23.7 Å². The maximum Gasteiger partial charge on any atom is 0.0465 e. The number of benzene rings is 1. The van der Waals surface area contributed by atoms with Crippen LogP contribution in [0.25, 0.3) is 0 Å². The van der Waals surface area contributed by atoms with Crippen LogP contribution in [0, 0.1) is 0 Å². The topological polar surface area (TPSA) is 12.0 Å².